The molecule has 2 heterocycles. The lowest BCUT2D eigenvalue weighted by Gasteiger charge is -2.14. The number of ether oxygens (including phenoxy) is 1. The Labute approximate surface area is 200 Å². The van der Waals surface area contributed by atoms with E-state index in [0.29, 0.717) is 22.4 Å². The van der Waals surface area contributed by atoms with Crippen LogP contribution >= 0.6 is 24.0 Å². The number of aromatic nitrogens is 1. The molecule has 0 atom stereocenters. The molecule has 0 N–H and O–H groups in total. The molecule has 1 saturated heterocycles. The number of halogens is 1. The van der Waals surface area contributed by atoms with E-state index in [1.807, 2.05) is 66.9 Å². The van der Waals surface area contributed by atoms with Crippen LogP contribution in [0.1, 0.15) is 5.56 Å². The van der Waals surface area contributed by atoms with Gasteiger partial charge >= 0.3 is 0 Å². The van der Waals surface area contributed by atoms with Gasteiger partial charge in [0.25, 0.3) is 5.91 Å². The maximum absolute atomic E-state index is 14.3. The highest BCUT2D eigenvalue weighted by molar-refractivity contribution is 8.27. The number of para-hydroxylation sites is 3. The standard InChI is InChI=1S/C26H19FN2O2S2/c27-21-11-5-7-13-23(21)29-25(30)24(33-26(29)32)16-18-17-28(22-12-6-4-10-20(18)22)14-15-31-19-8-2-1-3-9-19/h1-13,16-17H,14-15H2. The molecule has 4 nitrogen and oxygen atoms in total. The fourth-order valence-corrected chi connectivity index (χ4v) is 5.08. The molecule has 164 valence electrons. The van der Waals surface area contributed by atoms with E-state index < -0.39 is 5.82 Å². The number of thioether (sulfide) groups is 1. The molecule has 0 radical (unpaired) electrons. The first-order valence-electron chi connectivity index (χ1n) is 10.4. The van der Waals surface area contributed by atoms with E-state index in [-0.39, 0.29) is 11.6 Å². The Balaban J connectivity index is 1.42. The van der Waals surface area contributed by atoms with Crippen LogP contribution in [-0.2, 0) is 11.3 Å². The highest BCUT2D eigenvalue weighted by atomic mass is 32.2. The number of carbonyl (C=O) groups excluding carboxylic acids is 1. The molecule has 33 heavy (non-hydrogen) atoms. The van der Waals surface area contributed by atoms with Crippen LogP contribution in [0.5, 0.6) is 5.75 Å². The zero-order valence-electron chi connectivity index (χ0n) is 17.5. The van der Waals surface area contributed by atoms with Crippen LogP contribution in [-0.4, -0.2) is 21.4 Å². The predicted octanol–water partition coefficient (Wildman–Crippen LogP) is 6.27. The van der Waals surface area contributed by atoms with Gasteiger partial charge in [-0.15, -0.1) is 0 Å². The van der Waals surface area contributed by atoms with Gasteiger partial charge in [-0.2, -0.15) is 0 Å². The number of benzene rings is 3. The van der Waals surface area contributed by atoms with Crippen LogP contribution in [0.15, 0.2) is 90.0 Å². The average molecular weight is 475 g/mol. The topological polar surface area (TPSA) is 34.5 Å². The SMILES string of the molecule is O=C1C(=Cc2cn(CCOc3ccccc3)c3ccccc23)SC(=S)N1c1ccccc1F. The van der Waals surface area contributed by atoms with E-state index in [1.165, 1.54) is 22.7 Å². The average Bonchev–Trinajstić information content (AvgIpc) is 3.32. The van der Waals surface area contributed by atoms with Crippen molar-refractivity contribution in [3.63, 3.8) is 0 Å². The first kappa shape index (κ1) is 21.4. The van der Waals surface area contributed by atoms with E-state index in [4.69, 9.17) is 17.0 Å². The summed E-state index contributed by atoms with van der Waals surface area (Å²) in [5.41, 5.74) is 2.12. The van der Waals surface area contributed by atoms with Crippen LogP contribution in [0.25, 0.3) is 17.0 Å². The normalized spacial score (nSPS) is 15.1. The van der Waals surface area contributed by atoms with Gasteiger partial charge in [-0.1, -0.05) is 72.5 Å². The summed E-state index contributed by atoms with van der Waals surface area (Å²) < 4.78 is 22.6. The summed E-state index contributed by atoms with van der Waals surface area (Å²) in [6.45, 7) is 1.16. The Hall–Kier alpha value is -3.42. The predicted molar refractivity (Wildman–Crippen MR) is 136 cm³/mol. The molecule has 4 aromatic rings. The molecule has 0 bridgehead atoms. The Morgan fingerprint density at radius 1 is 0.970 bits per heavy atom. The van der Waals surface area contributed by atoms with Crippen molar-refractivity contribution >= 4 is 56.9 Å². The van der Waals surface area contributed by atoms with E-state index in [0.717, 1.165) is 22.2 Å². The van der Waals surface area contributed by atoms with Gasteiger partial charge in [0.2, 0.25) is 0 Å². The van der Waals surface area contributed by atoms with Crippen molar-refractivity contribution in [1.82, 2.24) is 4.57 Å². The lowest BCUT2D eigenvalue weighted by Crippen LogP contribution is -2.28. The van der Waals surface area contributed by atoms with Crippen LogP contribution < -0.4 is 9.64 Å². The molecule has 1 aliphatic heterocycles. The Kier molecular flexibility index (Phi) is 5.98. The molecule has 3 aromatic carbocycles. The summed E-state index contributed by atoms with van der Waals surface area (Å²) in [7, 11) is 0. The van der Waals surface area contributed by atoms with Gasteiger partial charge < -0.3 is 9.30 Å². The van der Waals surface area contributed by atoms with Gasteiger partial charge in [0.15, 0.2) is 4.32 Å². The quantitative estimate of drug-likeness (QED) is 0.244. The third-order valence-electron chi connectivity index (χ3n) is 5.34. The lowest BCUT2D eigenvalue weighted by atomic mass is 10.1. The van der Waals surface area contributed by atoms with Gasteiger partial charge in [0.05, 0.1) is 17.1 Å². The maximum Gasteiger partial charge on any atom is 0.270 e. The maximum atomic E-state index is 14.3. The molecule has 0 aliphatic carbocycles. The van der Waals surface area contributed by atoms with Crippen molar-refractivity contribution in [2.45, 2.75) is 6.54 Å². The summed E-state index contributed by atoms with van der Waals surface area (Å²) in [5.74, 6) is 0.0235. The number of carbonyl (C=O) groups is 1. The van der Waals surface area contributed by atoms with Gasteiger partial charge in [-0.05, 0) is 36.4 Å². The second-order valence-corrected chi connectivity index (χ2v) is 9.10. The Bertz CT molecular complexity index is 1380. The van der Waals surface area contributed by atoms with Crippen LogP contribution in [0.3, 0.4) is 0 Å². The summed E-state index contributed by atoms with van der Waals surface area (Å²) in [6, 6.07) is 23.9. The summed E-state index contributed by atoms with van der Waals surface area (Å²) in [5, 5.41) is 1.02. The molecule has 0 spiro atoms. The van der Waals surface area contributed by atoms with Crippen LogP contribution in [0.4, 0.5) is 10.1 Å². The first-order chi connectivity index (χ1) is 16.1. The van der Waals surface area contributed by atoms with E-state index in [2.05, 4.69) is 4.57 Å². The minimum absolute atomic E-state index is 0.170. The first-order valence-corrected chi connectivity index (χ1v) is 11.6. The Morgan fingerprint density at radius 2 is 1.70 bits per heavy atom. The van der Waals surface area contributed by atoms with E-state index >= 15 is 0 Å². The molecule has 0 saturated carbocycles. The zero-order valence-corrected chi connectivity index (χ0v) is 19.1. The molecule has 7 heteroatoms. The van der Waals surface area contributed by atoms with Crippen molar-refractivity contribution in [2.24, 2.45) is 0 Å². The smallest absolute Gasteiger partial charge is 0.270 e. The zero-order chi connectivity index (χ0) is 22.8. The third-order valence-corrected chi connectivity index (χ3v) is 6.64. The summed E-state index contributed by atoms with van der Waals surface area (Å²) >= 11 is 6.58. The minimum atomic E-state index is -0.481. The van der Waals surface area contributed by atoms with Crippen molar-refractivity contribution in [2.75, 3.05) is 11.5 Å². The van der Waals surface area contributed by atoms with Crippen molar-refractivity contribution in [1.29, 1.82) is 0 Å². The summed E-state index contributed by atoms with van der Waals surface area (Å²) in [6.07, 6.45) is 3.84. The second-order valence-electron chi connectivity index (χ2n) is 7.43. The number of fused-ring (bicyclic) bond motifs is 1. The number of amides is 1. The highest BCUT2D eigenvalue weighted by Gasteiger charge is 2.34. The fourth-order valence-electron chi connectivity index (χ4n) is 3.80. The summed E-state index contributed by atoms with van der Waals surface area (Å²) in [4.78, 5) is 14.8. The van der Waals surface area contributed by atoms with Gasteiger partial charge in [-0.25, -0.2) is 4.39 Å². The number of hydrogen-bond acceptors (Lipinski definition) is 4. The van der Waals surface area contributed by atoms with Crippen LogP contribution in [0.2, 0.25) is 0 Å². The molecule has 0 unspecified atom stereocenters. The van der Waals surface area contributed by atoms with Crippen LogP contribution in [0, 0.1) is 5.82 Å². The molecular weight excluding hydrogens is 455 g/mol. The van der Waals surface area contributed by atoms with Crippen molar-refractivity contribution in [3.05, 3.63) is 101 Å². The van der Waals surface area contributed by atoms with Crippen molar-refractivity contribution in [3.8, 4) is 5.75 Å². The molecular formula is C26H19FN2O2S2. The Morgan fingerprint density at radius 3 is 2.52 bits per heavy atom. The lowest BCUT2D eigenvalue weighted by molar-refractivity contribution is -0.113. The van der Waals surface area contributed by atoms with Gasteiger partial charge in [-0.3, -0.25) is 9.69 Å². The number of anilines is 1. The molecule has 1 aliphatic rings. The van der Waals surface area contributed by atoms with E-state index in [1.54, 1.807) is 18.2 Å². The van der Waals surface area contributed by atoms with Gasteiger partial charge in [0, 0.05) is 22.7 Å². The molecule has 1 fully saturated rings. The van der Waals surface area contributed by atoms with E-state index in [9.17, 15) is 9.18 Å². The molecule has 1 amide bonds. The molecule has 1 aromatic heterocycles. The third kappa shape index (κ3) is 4.29. The minimum Gasteiger partial charge on any atom is -0.492 e. The fraction of sp³-hybridized carbons (Fsp3) is 0.0769. The highest BCUT2D eigenvalue weighted by Crippen LogP contribution is 2.38. The molecule has 5 rings (SSSR count). The largest absolute Gasteiger partial charge is 0.492 e. The van der Waals surface area contributed by atoms with Crippen molar-refractivity contribution < 1.29 is 13.9 Å². The number of nitrogens with zero attached hydrogens (tertiary/aromatic N) is 2. The second kappa shape index (κ2) is 9.21. The number of thiocarbonyl (C=S) groups is 1. The number of rotatable bonds is 6. The monoisotopic (exact) mass is 474 g/mol. The number of hydrogen-bond donors (Lipinski definition) is 0. The van der Waals surface area contributed by atoms with Gasteiger partial charge in [0.1, 0.15) is 18.2 Å².